The van der Waals surface area contributed by atoms with Gasteiger partial charge in [0.15, 0.2) is 0 Å². The number of hydrogen-bond donors (Lipinski definition) is 2. The van der Waals surface area contributed by atoms with Crippen LogP contribution in [0.1, 0.15) is 37.8 Å². The van der Waals surface area contributed by atoms with Gasteiger partial charge in [-0.05, 0) is 57.5 Å². The molecule has 0 aliphatic heterocycles. The van der Waals surface area contributed by atoms with Crippen LogP contribution in [0.15, 0.2) is 23.1 Å². The van der Waals surface area contributed by atoms with E-state index in [0.717, 1.165) is 25.1 Å². The minimum absolute atomic E-state index is 0.127. The second-order valence-corrected chi connectivity index (χ2v) is 6.61. The summed E-state index contributed by atoms with van der Waals surface area (Å²) in [4.78, 5) is 1.37. The first kappa shape index (κ1) is 16.5. The van der Waals surface area contributed by atoms with E-state index in [1.165, 1.54) is 16.0 Å². The Labute approximate surface area is 122 Å². The van der Waals surface area contributed by atoms with Gasteiger partial charge >= 0.3 is 0 Å². The normalized spacial score (nSPS) is 14.4. The summed E-state index contributed by atoms with van der Waals surface area (Å²) < 4.78 is 0. The van der Waals surface area contributed by atoms with Gasteiger partial charge in [0.25, 0.3) is 0 Å². The van der Waals surface area contributed by atoms with Gasteiger partial charge in [-0.1, -0.05) is 24.6 Å². The molecule has 0 aromatic heterocycles. The first-order valence-electron chi connectivity index (χ1n) is 7.06. The Morgan fingerprint density at radius 3 is 2.63 bits per heavy atom. The molecular formula is C16H27NOS. The maximum Gasteiger partial charge on any atom is 0.0610 e. The monoisotopic (exact) mass is 281 g/mol. The van der Waals surface area contributed by atoms with Gasteiger partial charge in [-0.25, -0.2) is 0 Å². The zero-order chi connectivity index (χ0) is 14.3. The van der Waals surface area contributed by atoms with Crippen molar-refractivity contribution in [1.29, 1.82) is 0 Å². The molecule has 1 atom stereocenters. The van der Waals surface area contributed by atoms with Crippen molar-refractivity contribution in [2.75, 3.05) is 18.9 Å². The highest BCUT2D eigenvalue weighted by Gasteiger charge is 2.20. The fourth-order valence-corrected chi connectivity index (χ4v) is 3.22. The summed E-state index contributed by atoms with van der Waals surface area (Å²) in [6.45, 7) is 9.59. The average Bonchev–Trinajstić information content (AvgIpc) is 2.37. The van der Waals surface area contributed by atoms with Crippen LogP contribution in [0.2, 0.25) is 0 Å². The Kier molecular flexibility index (Phi) is 6.90. The molecule has 0 radical (unpaired) electrons. The van der Waals surface area contributed by atoms with Gasteiger partial charge in [-0.3, -0.25) is 0 Å². The summed E-state index contributed by atoms with van der Waals surface area (Å²) in [7, 11) is 0. The number of hydrogen-bond acceptors (Lipinski definition) is 3. The number of likely N-dealkylation sites (N-methyl/N-ethyl adjacent to an activating group) is 1. The molecule has 0 saturated heterocycles. The van der Waals surface area contributed by atoms with Crippen LogP contribution < -0.4 is 5.32 Å². The standard InChI is InChI=1S/C16H27NOS/c1-5-17-16(4,12-18)9-6-10-19-15-8-7-13(2)11-14(15)3/h7-8,11,17-18H,5-6,9-10,12H2,1-4H3. The molecule has 3 heteroatoms. The lowest BCUT2D eigenvalue weighted by Crippen LogP contribution is -2.45. The summed E-state index contributed by atoms with van der Waals surface area (Å²) in [5, 5.41) is 12.8. The first-order chi connectivity index (χ1) is 9.00. The molecule has 0 heterocycles. The zero-order valence-corrected chi connectivity index (χ0v) is 13.4. The van der Waals surface area contributed by atoms with Crippen molar-refractivity contribution in [2.24, 2.45) is 0 Å². The molecule has 0 fully saturated rings. The fraction of sp³-hybridized carbons (Fsp3) is 0.625. The summed E-state index contributed by atoms with van der Waals surface area (Å²) in [6, 6.07) is 6.62. The molecule has 0 amide bonds. The quantitative estimate of drug-likeness (QED) is 0.565. The molecule has 108 valence electrons. The van der Waals surface area contributed by atoms with E-state index in [1.54, 1.807) is 0 Å². The number of aliphatic hydroxyl groups excluding tert-OH is 1. The molecule has 0 bridgehead atoms. The zero-order valence-electron chi connectivity index (χ0n) is 12.6. The predicted molar refractivity (Wildman–Crippen MR) is 85.0 cm³/mol. The number of rotatable bonds is 8. The van der Waals surface area contributed by atoms with Gasteiger partial charge in [0.2, 0.25) is 0 Å². The molecule has 1 unspecified atom stereocenters. The Morgan fingerprint density at radius 1 is 1.32 bits per heavy atom. The molecule has 1 aromatic carbocycles. The number of nitrogens with one attached hydrogen (secondary N) is 1. The van der Waals surface area contributed by atoms with Gasteiger partial charge < -0.3 is 10.4 Å². The second kappa shape index (κ2) is 7.93. The van der Waals surface area contributed by atoms with E-state index < -0.39 is 0 Å². The largest absolute Gasteiger partial charge is 0.394 e. The lowest BCUT2D eigenvalue weighted by atomic mass is 9.97. The van der Waals surface area contributed by atoms with Crippen LogP contribution >= 0.6 is 11.8 Å². The molecular weight excluding hydrogens is 254 g/mol. The van der Waals surface area contributed by atoms with E-state index in [4.69, 9.17) is 0 Å². The highest BCUT2D eigenvalue weighted by Crippen LogP contribution is 2.25. The van der Waals surface area contributed by atoms with Crippen LogP contribution in [-0.4, -0.2) is 29.5 Å². The molecule has 0 aliphatic carbocycles. The summed E-state index contributed by atoms with van der Waals surface area (Å²) in [5.41, 5.74) is 2.56. The third kappa shape index (κ3) is 5.55. The number of aryl methyl sites for hydroxylation is 2. The van der Waals surface area contributed by atoms with E-state index in [-0.39, 0.29) is 12.1 Å². The lowest BCUT2D eigenvalue weighted by Gasteiger charge is -2.28. The van der Waals surface area contributed by atoms with Crippen molar-refractivity contribution in [3.05, 3.63) is 29.3 Å². The maximum atomic E-state index is 9.44. The molecule has 0 spiro atoms. The van der Waals surface area contributed by atoms with E-state index in [0.29, 0.717) is 0 Å². The summed E-state index contributed by atoms with van der Waals surface area (Å²) in [6.07, 6.45) is 2.12. The predicted octanol–water partition coefficient (Wildman–Crippen LogP) is 3.54. The van der Waals surface area contributed by atoms with Crippen molar-refractivity contribution in [3.63, 3.8) is 0 Å². The Morgan fingerprint density at radius 2 is 2.05 bits per heavy atom. The third-order valence-corrected chi connectivity index (χ3v) is 4.68. The van der Waals surface area contributed by atoms with E-state index in [9.17, 15) is 5.11 Å². The van der Waals surface area contributed by atoms with Gasteiger partial charge in [0.05, 0.1) is 6.61 Å². The minimum atomic E-state index is -0.127. The van der Waals surface area contributed by atoms with E-state index in [2.05, 4.69) is 51.2 Å². The second-order valence-electron chi connectivity index (χ2n) is 5.47. The molecule has 1 rings (SSSR count). The van der Waals surface area contributed by atoms with Crippen LogP contribution in [0.25, 0.3) is 0 Å². The van der Waals surface area contributed by atoms with Crippen LogP contribution in [0, 0.1) is 13.8 Å². The van der Waals surface area contributed by atoms with Gasteiger partial charge in [0, 0.05) is 10.4 Å². The van der Waals surface area contributed by atoms with Crippen LogP contribution in [0.3, 0.4) is 0 Å². The number of aliphatic hydroxyl groups is 1. The van der Waals surface area contributed by atoms with Crippen molar-refractivity contribution >= 4 is 11.8 Å². The number of thioether (sulfide) groups is 1. The molecule has 2 N–H and O–H groups in total. The Bertz CT molecular complexity index is 394. The molecule has 19 heavy (non-hydrogen) atoms. The van der Waals surface area contributed by atoms with E-state index in [1.807, 2.05) is 11.8 Å². The molecule has 0 aliphatic rings. The van der Waals surface area contributed by atoms with Crippen LogP contribution in [0.5, 0.6) is 0 Å². The summed E-state index contributed by atoms with van der Waals surface area (Å²) >= 11 is 1.92. The van der Waals surface area contributed by atoms with E-state index >= 15 is 0 Å². The molecule has 1 aromatic rings. The molecule has 2 nitrogen and oxygen atoms in total. The maximum absolute atomic E-state index is 9.44. The fourth-order valence-electron chi connectivity index (χ4n) is 2.26. The average molecular weight is 281 g/mol. The van der Waals surface area contributed by atoms with Crippen LogP contribution in [0.4, 0.5) is 0 Å². The Hall–Kier alpha value is -0.510. The lowest BCUT2D eigenvalue weighted by molar-refractivity contribution is 0.167. The molecule has 0 saturated carbocycles. The topological polar surface area (TPSA) is 32.3 Å². The first-order valence-corrected chi connectivity index (χ1v) is 8.05. The van der Waals surface area contributed by atoms with Gasteiger partial charge in [0.1, 0.15) is 0 Å². The SMILES string of the molecule is CCNC(C)(CO)CCCSc1ccc(C)cc1C. The van der Waals surface area contributed by atoms with Gasteiger partial charge in [-0.15, -0.1) is 11.8 Å². The van der Waals surface area contributed by atoms with Crippen molar-refractivity contribution in [3.8, 4) is 0 Å². The van der Waals surface area contributed by atoms with Gasteiger partial charge in [-0.2, -0.15) is 0 Å². The van der Waals surface area contributed by atoms with Crippen molar-refractivity contribution in [2.45, 2.75) is 51.0 Å². The minimum Gasteiger partial charge on any atom is -0.394 e. The summed E-state index contributed by atoms with van der Waals surface area (Å²) in [5.74, 6) is 1.10. The van der Waals surface area contributed by atoms with Crippen molar-refractivity contribution in [1.82, 2.24) is 5.32 Å². The highest BCUT2D eigenvalue weighted by atomic mass is 32.2. The van der Waals surface area contributed by atoms with Crippen molar-refractivity contribution < 1.29 is 5.11 Å². The smallest absolute Gasteiger partial charge is 0.0610 e. The van der Waals surface area contributed by atoms with Crippen LogP contribution in [-0.2, 0) is 0 Å². The highest BCUT2D eigenvalue weighted by molar-refractivity contribution is 7.99. The Balaban J connectivity index is 2.38. The third-order valence-electron chi connectivity index (χ3n) is 3.41. The number of benzene rings is 1.